The summed E-state index contributed by atoms with van der Waals surface area (Å²) in [6.07, 6.45) is 0. The molecule has 3 aromatic rings. The Morgan fingerprint density at radius 1 is 1.04 bits per heavy atom. The maximum atomic E-state index is 12.6. The zero-order chi connectivity index (χ0) is 19.6. The molecule has 3 rings (SSSR count). The minimum Gasteiger partial charge on any atom is -0.333 e. The number of anilines is 2. The molecular weight excluding hydrogens is 340 g/mol. The summed E-state index contributed by atoms with van der Waals surface area (Å²) in [7, 11) is 1.80. The van der Waals surface area contributed by atoms with Crippen molar-refractivity contribution in [3.63, 3.8) is 0 Å². The quantitative estimate of drug-likeness (QED) is 0.753. The zero-order valence-electron chi connectivity index (χ0n) is 16.3. The van der Waals surface area contributed by atoms with Crippen molar-refractivity contribution in [3.05, 3.63) is 58.7 Å². The molecule has 1 aromatic heterocycles. The topological polar surface area (TPSA) is 75.9 Å². The highest BCUT2D eigenvalue weighted by atomic mass is 16.2. The normalized spacial score (nSPS) is 10.7. The first kappa shape index (κ1) is 18.6. The summed E-state index contributed by atoms with van der Waals surface area (Å²) in [5.41, 5.74) is 6.14. The Kier molecular flexibility index (Phi) is 5.21. The fraction of sp³-hybridized carbons (Fsp3) is 0.300. The molecule has 0 aliphatic carbocycles. The van der Waals surface area contributed by atoms with Crippen LogP contribution in [0.1, 0.15) is 22.3 Å². The molecule has 0 aliphatic rings. The second kappa shape index (κ2) is 7.57. The van der Waals surface area contributed by atoms with E-state index in [1.54, 1.807) is 16.6 Å². The van der Waals surface area contributed by atoms with Gasteiger partial charge >= 0.3 is 0 Å². The monoisotopic (exact) mass is 364 g/mol. The summed E-state index contributed by atoms with van der Waals surface area (Å²) in [5, 5.41) is 14.9. The standard InChI is InChI=1S/C20H24N6O/c1-13-6-8-17(9-7-13)26-20(22-23-24-26)25(5)12-18(27)21-19-15(3)10-14(2)11-16(19)4/h6-11H,12H2,1-5H3,(H,21,27). The van der Waals surface area contributed by atoms with E-state index in [1.165, 1.54) is 5.56 Å². The molecule has 0 saturated heterocycles. The Hall–Kier alpha value is -3.22. The van der Waals surface area contributed by atoms with Gasteiger partial charge in [0.05, 0.1) is 12.2 Å². The Labute approximate surface area is 159 Å². The van der Waals surface area contributed by atoms with Gasteiger partial charge in [-0.25, -0.2) is 0 Å². The van der Waals surface area contributed by atoms with Crippen LogP contribution in [0.3, 0.4) is 0 Å². The minimum absolute atomic E-state index is 0.119. The molecule has 0 bridgehead atoms. The summed E-state index contributed by atoms with van der Waals surface area (Å²) in [4.78, 5) is 14.3. The van der Waals surface area contributed by atoms with Crippen molar-refractivity contribution in [3.8, 4) is 5.69 Å². The van der Waals surface area contributed by atoms with Crippen molar-refractivity contribution in [2.75, 3.05) is 23.8 Å². The molecule has 0 fully saturated rings. The molecule has 0 unspecified atom stereocenters. The molecule has 0 saturated carbocycles. The first-order chi connectivity index (χ1) is 12.8. The summed E-state index contributed by atoms with van der Waals surface area (Å²) < 4.78 is 1.62. The minimum atomic E-state index is -0.119. The van der Waals surface area contributed by atoms with E-state index < -0.39 is 0 Å². The zero-order valence-corrected chi connectivity index (χ0v) is 16.3. The fourth-order valence-corrected chi connectivity index (χ4v) is 3.12. The van der Waals surface area contributed by atoms with Crippen LogP contribution in [0.5, 0.6) is 0 Å². The van der Waals surface area contributed by atoms with Gasteiger partial charge in [-0.2, -0.15) is 4.68 Å². The van der Waals surface area contributed by atoms with Crippen molar-refractivity contribution in [2.45, 2.75) is 27.7 Å². The lowest BCUT2D eigenvalue weighted by atomic mass is 10.1. The molecule has 0 radical (unpaired) electrons. The Morgan fingerprint density at radius 2 is 1.67 bits per heavy atom. The van der Waals surface area contributed by atoms with Crippen LogP contribution >= 0.6 is 0 Å². The Bertz CT molecular complexity index is 938. The van der Waals surface area contributed by atoms with Crippen LogP contribution in [0, 0.1) is 27.7 Å². The van der Waals surface area contributed by atoms with Crippen LogP contribution in [-0.4, -0.2) is 39.7 Å². The van der Waals surface area contributed by atoms with Crippen molar-refractivity contribution < 1.29 is 4.79 Å². The highest BCUT2D eigenvalue weighted by Crippen LogP contribution is 2.22. The molecule has 2 aromatic carbocycles. The van der Waals surface area contributed by atoms with Gasteiger partial charge in [0.1, 0.15) is 0 Å². The fourth-order valence-electron chi connectivity index (χ4n) is 3.12. The Morgan fingerprint density at radius 3 is 2.30 bits per heavy atom. The average Bonchev–Trinajstić information content (AvgIpc) is 3.08. The van der Waals surface area contributed by atoms with Crippen LogP contribution in [0.4, 0.5) is 11.6 Å². The van der Waals surface area contributed by atoms with E-state index in [0.717, 1.165) is 28.1 Å². The molecule has 7 heteroatoms. The molecular formula is C20H24N6O. The van der Waals surface area contributed by atoms with Crippen LogP contribution in [0.25, 0.3) is 5.69 Å². The predicted molar refractivity (Wildman–Crippen MR) is 106 cm³/mol. The number of carbonyl (C=O) groups excluding carboxylic acids is 1. The van der Waals surface area contributed by atoms with Crippen molar-refractivity contribution in [2.24, 2.45) is 0 Å². The van der Waals surface area contributed by atoms with Crippen LogP contribution in [0.15, 0.2) is 36.4 Å². The van der Waals surface area contributed by atoms with E-state index >= 15 is 0 Å². The average molecular weight is 364 g/mol. The number of likely N-dealkylation sites (N-methyl/N-ethyl adjacent to an activating group) is 1. The highest BCUT2D eigenvalue weighted by Gasteiger charge is 2.17. The lowest BCUT2D eigenvalue weighted by Gasteiger charge is -2.19. The van der Waals surface area contributed by atoms with Gasteiger partial charge in [0.15, 0.2) is 0 Å². The molecule has 7 nitrogen and oxygen atoms in total. The third-order valence-electron chi connectivity index (χ3n) is 4.40. The van der Waals surface area contributed by atoms with Gasteiger partial charge in [0.25, 0.3) is 5.95 Å². The number of tetrazole rings is 1. The molecule has 1 N–H and O–H groups in total. The Balaban J connectivity index is 1.75. The second-order valence-corrected chi connectivity index (χ2v) is 6.90. The number of benzene rings is 2. The van der Waals surface area contributed by atoms with Crippen LogP contribution < -0.4 is 10.2 Å². The third kappa shape index (κ3) is 4.13. The van der Waals surface area contributed by atoms with E-state index in [0.29, 0.717) is 5.95 Å². The second-order valence-electron chi connectivity index (χ2n) is 6.90. The summed E-state index contributed by atoms with van der Waals surface area (Å²) in [5.74, 6) is 0.386. The maximum absolute atomic E-state index is 12.6. The molecule has 0 spiro atoms. The van der Waals surface area contributed by atoms with Gasteiger partial charge in [0, 0.05) is 12.7 Å². The number of aryl methyl sites for hydroxylation is 4. The lowest BCUT2D eigenvalue weighted by molar-refractivity contribution is -0.114. The van der Waals surface area contributed by atoms with E-state index in [-0.39, 0.29) is 12.5 Å². The predicted octanol–water partition coefficient (Wildman–Crippen LogP) is 2.97. The van der Waals surface area contributed by atoms with Gasteiger partial charge in [-0.1, -0.05) is 40.5 Å². The number of hydrogen-bond acceptors (Lipinski definition) is 5. The molecule has 0 atom stereocenters. The SMILES string of the molecule is Cc1ccc(-n2nnnc2N(C)CC(=O)Nc2c(C)cc(C)cc2C)cc1. The van der Waals surface area contributed by atoms with E-state index in [2.05, 4.69) is 33.0 Å². The highest BCUT2D eigenvalue weighted by molar-refractivity contribution is 5.95. The molecule has 1 heterocycles. The van der Waals surface area contributed by atoms with Gasteiger partial charge in [-0.15, -0.1) is 0 Å². The summed E-state index contributed by atoms with van der Waals surface area (Å²) in [6, 6.07) is 12.0. The van der Waals surface area contributed by atoms with E-state index in [9.17, 15) is 4.79 Å². The van der Waals surface area contributed by atoms with Crippen molar-refractivity contribution >= 4 is 17.5 Å². The lowest BCUT2D eigenvalue weighted by Crippen LogP contribution is -2.32. The summed E-state index contributed by atoms with van der Waals surface area (Å²) in [6.45, 7) is 8.20. The number of amides is 1. The molecule has 140 valence electrons. The van der Waals surface area contributed by atoms with Crippen LogP contribution in [0.2, 0.25) is 0 Å². The third-order valence-corrected chi connectivity index (χ3v) is 4.40. The van der Waals surface area contributed by atoms with Gasteiger partial charge < -0.3 is 10.2 Å². The van der Waals surface area contributed by atoms with Crippen molar-refractivity contribution in [1.82, 2.24) is 20.2 Å². The largest absolute Gasteiger partial charge is 0.333 e. The maximum Gasteiger partial charge on any atom is 0.250 e. The number of nitrogens with one attached hydrogen (secondary N) is 1. The van der Waals surface area contributed by atoms with Gasteiger partial charge in [-0.3, -0.25) is 4.79 Å². The van der Waals surface area contributed by atoms with Gasteiger partial charge in [-0.05, 0) is 61.4 Å². The smallest absolute Gasteiger partial charge is 0.250 e. The van der Waals surface area contributed by atoms with Crippen molar-refractivity contribution in [1.29, 1.82) is 0 Å². The molecule has 1 amide bonds. The van der Waals surface area contributed by atoms with Gasteiger partial charge in [0.2, 0.25) is 5.91 Å². The first-order valence-electron chi connectivity index (χ1n) is 8.79. The number of aromatic nitrogens is 4. The van der Waals surface area contributed by atoms with E-state index in [1.807, 2.05) is 52.0 Å². The molecule has 0 aliphatic heterocycles. The number of rotatable bonds is 5. The number of carbonyl (C=O) groups is 1. The van der Waals surface area contributed by atoms with E-state index in [4.69, 9.17) is 0 Å². The summed E-state index contributed by atoms with van der Waals surface area (Å²) >= 11 is 0. The number of nitrogens with zero attached hydrogens (tertiary/aromatic N) is 5. The first-order valence-corrected chi connectivity index (χ1v) is 8.79. The number of hydrogen-bond donors (Lipinski definition) is 1. The van der Waals surface area contributed by atoms with Crippen LogP contribution in [-0.2, 0) is 4.79 Å². The molecule has 27 heavy (non-hydrogen) atoms.